The summed E-state index contributed by atoms with van der Waals surface area (Å²) >= 11 is 0. The van der Waals surface area contributed by atoms with E-state index in [1.165, 1.54) is 16.3 Å². The first-order valence-electron chi connectivity index (χ1n) is 6.32. The molecule has 0 N–H and O–H groups in total. The van der Waals surface area contributed by atoms with Crippen LogP contribution in [-0.4, -0.2) is 6.29 Å². The molecule has 0 aliphatic heterocycles. The molecule has 0 amide bonds. The zero-order chi connectivity index (χ0) is 14.3. The first kappa shape index (κ1) is 14.9. The fourth-order valence-electron chi connectivity index (χ4n) is 1.80. The molecule has 0 aliphatic rings. The van der Waals surface area contributed by atoms with E-state index >= 15 is 0 Å². The fraction of sp³-hybridized carbons (Fsp3) is 0.167. The first-order chi connectivity index (χ1) is 9.10. The van der Waals surface area contributed by atoms with Crippen LogP contribution in [0.1, 0.15) is 19.4 Å². The van der Waals surface area contributed by atoms with Gasteiger partial charge in [-0.05, 0) is 42.7 Å². The van der Waals surface area contributed by atoms with Gasteiger partial charge in [0.1, 0.15) is 6.29 Å². The standard InChI is InChI=1S/C11H10.C7H10O/c1-9-5-4-7-10-6-2-3-8-11(9)10;1-4-7(5-8)6(2)3/h2-8H,1H3;4-5H,2H2,1,3H3/b;7-4+. The smallest absolute Gasteiger partial charge is 0.149 e. The monoisotopic (exact) mass is 252 g/mol. The van der Waals surface area contributed by atoms with Crippen LogP contribution in [-0.2, 0) is 4.79 Å². The van der Waals surface area contributed by atoms with E-state index in [0.29, 0.717) is 5.57 Å². The summed E-state index contributed by atoms with van der Waals surface area (Å²) in [7, 11) is 0. The molecule has 0 atom stereocenters. The summed E-state index contributed by atoms with van der Waals surface area (Å²) in [6.45, 7) is 9.37. The van der Waals surface area contributed by atoms with Crippen LogP contribution in [0.15, 0.2) is 66.3 Å². The number of carbonyl (C=O) groups excluding carboxylic acids is 1. The zero-order valence-electron chi connectivity index (χ0n) is 11.8. The molecule has 0 unspecified atom stereocenters. The van der Waals surface area contributed by atoms with Gasteiger partial charge in [-0.25, -0.2) is 0 Å². The van der Waals surface area contributed by atoms with Crippen molar-refractivity contribution in [2.24, 2.45) is 0 Å². The van der Waals surface area contributed by atoms with Gasteiger partial charge in [0.25, 0.3) is 0 Å². The van der Waals surface area contributed by atoms with Crippen molar-refractivity contribution >= 4 is 17.1 Å². The quantitative estimate of drug-likeness (QED) is 0.424. The Morgan fingerprint density at radius 1 is 1.11 bits per heavy atom. The Bertz CT molecular complexity index is 601. The molecule has 0 heterocycles. The van der Waals surface area contributed by atoms with Gasteiger partial charge >= 0.3 is 0 Å². The van der Waals surface area contributed by atoms with Crippen molar-refractivity contribution in [3.63, 3.8) is 0 Å². The van der Waals surface area contributed by atoms with Gasteiger partial charge in [0.15, 0.2) is 0 Å². The molecule has 0 saturated carbocycles. The minimum absolute atomic E-state index is 0.685. The number of benzene rings is 2. The third kappa shape index (κ3) is 4.22. The third-order valence-corrected chi connectivity index (χ3v) is 2.94. The van der Waals surface area contributed by atoms with Gasteiger partial charge in [-0.2, -0.15) is 0 Å². The van der Waals surface area contributed by atoms with Crippen molar-refractivity contribution in [3.8, 4) is 0 Å². The summed E-state index contributed by atoms with van der Waals surface area (Å²) in [4.78, 5) is 10.0. The average molecular weight is 252 g/mol. The minimum atomic E-state index is 0.685. The van der Waals surface area contributed by atoms with Crippen LogP contribution >= 0.6 is 0 Å². The summed E-state index contributed by atoms with van der Waals surface area (Å²) in [5, 5.41) is 2.68. The van der Waals surface area contributed by atoms with Crippen molar-refractivity contribution in [1.82, 2.24) is 0 Å². The van der Waals surface area contributed by atoms with E-state index in [1.807, 2.05) is 13.8 Å². The van der Waals surface area contributed by atoms with Crippen molar-refractivity contribution in [2.45, 2.75) is 20.8 Å². The van der Waals surface area contributed by atoms with Crippen LogP contribution in [0.25, 0.3) is 10.8 Å². The molecular weight excluding hydrogens is 232 g/mol. The molecule has 1 nitrogen and oxygen atoms in total. The summed E-state index contributed by atoms with van der Waals surface area (Å²) in [6, 6.07) is 14.8. The van der Waals surface area contributed by atoms with Crippen LogP contribution in [0.4, 0.5) is 0 Å². The molecule has 2 rings (SSSR count). The highest BCUT2D eigenvalue weighted by molar-refractivity contribution is 5.85. The van der Waals surface area contributed by atoms with E-state index in [2.05, 4.69) is 56.0 Å². The highest BCUT2D eigenvalue weighted by Crippen LogP contribution is 2.16. The minimum Gasteiger partial charge on any atom is -0.298 e. The van der Waals surface area contributed by atoms with Gasteiger partial charge < -0.3 is 0 Å². The van der Waals surface area contributed by atoms with Crippen molar-refractivity contribution in [2.75, 3.05) is 0 Å². The fourth-order valence-corrected chi connectivity index (χ4v) is 1.80. The maximum atomic E-state index is 10.0. The second-order valence-electron chi connectivity index (χ2n) is 4.44. The van der Waals surface area contributed by atoms with Gasteiger partial charge in [-0.1, -0.05) is 55.1 Å². The lowest BCUT2D eigenvalue weighted by Crippen LogP contribution is -1.82. The Morgan fingerprint density at radius 2 is 1.74 bits per heavy atom. The Hall–Kier alpha value is -2.15. The van der Waals surface area contributed by atoms with Crippen molar-refractivity contribution < 1.29 is 4.79 Å². The second-order valence-corrected chi connectivity index (χ2v) is 4.44. The number of hydrogen-bond acceptors (Lipinski definition) is 1. The maximum absolute atomic E-state index is 10.0. The Kier molecular flexibility index (Phi) is 5.74. The molecule has 0 aliphatic carbocycles. The maximum Gasteiger partial charge on any atom is 0.149 e. The number of fused-ring (bicyclic) bond motifs is 1. The molecular formula is C18H20O. The lowest BCUT2D eigenvalue weighted by molar-refractivity contribution is -0.104. The predicted octanol–water partition coefficient (Wildman–Crippen LogP) is 4.86. The number of rotatable bonds is 2. The second kappa shape index (κ2) is 7.32. The van der Waals surface area contributed by atoms with Crippen molar-refractivity contribution in [3.05, 3.63) is 71.8 Å². The molecule has 98 valence electrons. The molecule has 0 radical (unpaired) electrons. The molecule has 2 aromatic rings. The number of aryl methyl sites for hydroxylation is 1. The van der Waals surface area contributed by atoms with Crippen LogP contribution < -0.4 is 0 Å². The van der Waals surface area contributed by atoms with Crippen LogP contribution in [0.2, 0.25) is 0 Å². The van der Waals surface area contributed by atoms with Gasteiger partial charge in [-0.15, -0.1) is 0 Å². The molecule has 0 aromatic heterocycles. The Labute approximate surface area is 115 Å². The Morgan fingerprint density at radius 3 is 2.21 bits per heavy atom. The average Bonchev–Trinajstić information content (AvgIpc) is 2.41. The number of hydrogen-bond donors (Lipinski definition) is 0. The molecule has 1 heteroatoms. The van der Waals surface area contributed by atoms with E-state index < -0.39 is 0 Å². The predicted molar refractivity (Wildman–Crippen MR) is 83.3 cm³/mol. The zero-order valence-corrected chi connectivity index (χ0v) is 11.8. The molecule has 0 bridgehead atoms. The summed E-state index contributed by atoms with van der Waals surface area (Å²) < 4.78 is 0. The largest absolute Gasteiger partial charge is 0.298 e. The van der Waals surface area contributed by atoms with E-state index in [-0.39, 0.29) is 0 Å². The van der Waals surface area contributed by atoms with E-state index in [9.17, 15) is 4.79 Å². The molecule has 0 fully saturated rings. The van der Waals surface area contributed by atoms with Gasteiger partial charge in [0, 0.05) is 5.57 Å². The van der Waals surface area contributed by atoms with Gasteiger partial charge in [0.05, 0.1) is 0 Å². The van der Waals surface area contributed by atoms with Crippen LogP contribution in [0.3, 0.4) is 0 Å². The topological polar surface area (TPSA) is 17.1 Å². The lowest BCUT2D eigenvalue weighted by Gasteiger charge is -1.98. The third-order valence-electron chi connectivity index (χ3n) is 2.94. The SMILES string of the molecule is C=C(C)/C(C=O)=C/C.Cc1cccc2ccccc12. The summed E-state index contributed by atoms with van der Waals surface area (Å²) in [5.41, 5.74) is 2.86. The van der Waals surface area contributed by atoms with E-state index in [1.54, 1.807) is 6.08 Å². The van der Waals surface area contributed by atoms with Gasteiger partial charge in [0.2, 0.25) is 0 Å². The Balaban J connectivity index is 0.000000203. The highest BCUT2D eigenvalue weighted by atomic mass is 16.1. The summed E-state index contributed by atoms with van der Waals surface area (Å²) in [6.07, 6.45) is 2.55. The van der Waals surface area contributed by atoms with Crippen molar-refractivity contribution in [1.29, 1.82) is 0 Å². The molecule has 19 heavy (non-hydrogen) atoms. The number of carbonyl (C=O) groups is 1. The van der Waals surface area contributed by atoms with E-state index in [0.717, 1.165) is 11.9 Å². The highest BCUT2D eigenvalue weighted by Gasteiger charge is 1.92. The number of aldehydes is 1. The molecule has 2 aromatic carbocycles. The lowest BCUT2D eigenvalue weighted by atomic mass is 10.1. The first-order valence-corrected chi connectivity index (χ1v) is 6.32. The molecule has 0 spiro atoms. The van der Waals surface area contributed by atoms with Crippen LogP contribution in [0.5, 0.6) is 0 Å². The van der Waals surface area contributed by atoms with Crippen LogP contribution in [0, 0.1) is 6.92 Å². The molecule has 0 saturated heterocycles. The number of allylic oxidation sites excluding steroid dienone is 3. The van der Waals surface area contributed by atoms with Gasteiger partial charge in [-0.3, -0.25) is 4.79 Å². The van der Waals surface area contributed by atoms with E-state index in [4.69, 9.17) is 0 Å². The normalized spacial score (nSPS) is 10.6. The summed E-state index contributed by atoms with van der Waals surface area (Å²) in [5.74, 6) is 0.